The summed E-state index contributed by atoms with van der Waals surface area (Å²) in [4.78, 5) is 10.9. The molecule has 14 heavy (non-hydrogen) atoms. The molecule has 0 saturated carbocycles. The smallest absolute Gasteiger partial charge is 0.246 e. The Morgan fingerprint density at radius 1 is 1.43 bits per heavy atom. The molecular weight excluding hydrogens is 202 g/mol. The summed E-state index contributed by atoms with van der Waals surface area (Å²) >= 11 is 6.00. The van der Waals surface area contributed by atoms with Crippen molar-refractivity contribution in [3.05, 3.63) is 34.9 Å². The molecule has 1 N–H and O–H groups in total. The molecule has 74 valence electrons. The lowest BCUT2D eigenvalue weighted by Crippen LogP contribution is -2.38. The predicted molar refractivity (Wildman–Crippen MR) is 53.2 cm³/mol. The number of amides is 1. The first-order valence-electron chi connectivity index (χ1n) is 4.40. The van der Waals surface area contributed by atoms with Crippen molar-refractivity contribution in [1.82, 2.24) is 5.32 Å². The number of hydrogen-bond acceptors (Lipinski definition) is 2. The van der Waals surface area contributed by atoms with E-state index >= 15 is 0 Å². The van der Waals surface area contributed by atoms with Gasteiger partial charge in [-0.3, -0.25) is 4.79 Å². The molecule has 1 aliphatic heterocycles. The Bertz CT molecular complexity index is 344. The van der Waals surface area contributed by atoms with Crippen molar-refractivity contribution in [2.45, 2.75) is 6.10 Å². The van der Waals surface area contributed by atoms with Crippen LogP contribution in [0.2, 0.25) is 5.02 Å². The third-order valence-corrected chi connectivity index (χ3v) is 2.50. The van der Waals surface area contributed by atoms with Crippen LogP contribution < -0.4 is 5.32 Å². The summed E-state index contributed by atoms with van der Waals surface area (Å²) in [5, 5.41) is 3.41. The zero-order valence-electron chi connectivity index (χ0n) is 7.50. The summed E-state index contributed by atoms with van der Waals surface area (Å²) in [5.74, 6) is -0.0756. The van der Waals surface area contributed by atoms with Gasteiger partial charge in [-0.25, -0.2) is 0 Å². The number of carbonyl (C=O) groups excluding carboxylic acids is 1. The Morgan fingerprint density at radius 2 is 2.21 bits per heavy atom. The first-order chi connectivity index (χ1) is 6.77. The highest BCUT2D eigenvalue weighted by molar-refractivity contribution is 6.31. The molecule has 1 fully saturated rings. The number of hydrogen-bond donors (Lipinski definition) is 1. The molecule has 0 bridgehead atoms. The molecule has 1 aromatic rings. The van der Waals surface area contributed by atoms with Crippen LogP contribution in [0.25, 0.3) is 0 Å². The number of ether oxygens (including phenoxy) is 1. The van der Waals surface area contributed by atoms with Crippen molar-refractivity contribution in [2.24, 2.45) is 0 Å². The Hall–Kier alpha value is -1.06. The number of nitrogens with one attached hydrogen (secondary N) is 1. The lowest BCUT2D eigenvalue weighted by molar-refractivity contribution is -0.133. The van der Waals surface area contributed by atoms with E-state index in [4.69, 9.17) is 16.3 Å². The fourth-order valence-electron chi connectivity index (χ4n) is 1.43. The Labute approximate surface area is 87.0 Å². The highest BCUT2D eigenvalue weighted by atomic mass is 35.5. The van der Waals surface area contributed by atoms with E-state index in [1.807, 2.05) is 24.3 Å². The van der Waals surface area contributed by atoms with Gasteiger partial charge in [0, 0.05) is 17.1 Å². The maximum absolute atomic E-state index is 10.9. The van der Waals surface area contributed by atoms with Gasteiger partial charge in [0.2, 0.25) is 5.91 Å². The molecule has 0 aliphatic carbocycles. The largest absolute Gasteiger partial charge is 0.362 e. The number of rotatable bonds is 1. The fourth-order valence-corrected chi connectivity index (χ4v) is 1.69. The third-order valence-electron chi connectivity index (χ3n) is 2.15. The van der Waals surface area contributed by atoms with Crippen LogP contribution in [0.15, 0.2) is 24.3 Å². The predicted octanol–water partition coefficient (Wildman–Crippen LogP) is 1.53. The molecule has 3 nitrogen and oxygen atoms in total. The summed E-state index contributed by atoms with van der Waals surface area (Å²) < 4.78 is 5.36. The maximum atomic E-state index is 10.9. The highest BCUT2D eigenvalue weighted by Gasteiger charge is 2.21. The van der Waals surface area contributed by atoms with E-state index in [9.17, 15) is 4.79 Å². The maximum Gasteiger partial charge on any atom is 0.246 e. The molecule has 1 saturated heterocycles. The van der Waals surface area contributed by atoms with E-state index in [-0.39, 0.29) is 18.6 Å². The molecule has 0 spiro atoms. The standard InChI is InChI=1S/C10H10ClNO2/c11-8-4-2-1-3-7(8)9-5-12-10(13)6-14-9/h1-4,9H,5-6H2,(H,12,13). The number of carbonyl (C=O) groups is 1. The molecular formula is C10H10ClNO2. The lowest BCUT2D eigenvalue weighted by Gasteiger charge is -2.24. The third kappa shape index (κ3) is 1.89. The molecule has 1 unspecified atom stereocenters. The van der Waals surface area contributed by atoms with Gasteiger partial charge in [0.25, 0.3) is 0 Å². The topological polar surface area (TPSA) is 38.3 Å². The van der Waals surface area contributed by atoms with Crippen molar-refractivity contribution in [3.8, 4) is 0 Å². The second kappa shape index (κ2) is 3.98. The van der Waals surface area contributed by atoms with Gasteiger partial charge in [0.05, 0.1) is 0 Å². The zero-order valence-corrected chi connectivity index (χ0v) is 8.25. The molecule has 1 aliphatic rings. The molecule has 1 heterocycles. The van der Waals surface area contributed by atoms with Gasteiger partial charge in [-0.1, -0.05) is 29.8 Å². The van der Waals surface area contributed by atoms with Crippen LogP contribution in [0, 0.1) is 0 Å². The monoisotopic (exact) mass is 211 g/mol. The molecule has 4 heteroatoms. The summed E-state index contributed by atoms with van der Waals surface area (Å²) in [7, 11) is 0. The van der Waals surface area contributed by atoms with E-state index < -0.39 is 0 Å². The zero-order chi connectivity index (χ0) is 9.97. The number of benzene rings is 1. The van der Waals surface area contributed by atoms with Gasteiger partial charge in [0.1, 0.15) is 12.7 Å². The van der Waals surface area contributed by atoms with E-state index in [2.05, 4.69) is 5.32 Å². The minimum absolute atomic E-state index is 0.0756. The van der Waals surface area contributed by atoms with Gasteiger partial charge in [0.15, 0.2) is 0 Å². The summed E-state index contributed by atoms with van der Waals surface area (Å²) in [6.07, 6.45) is -0.124. The molecule has 1 atom stereocenters. The van der Waals surface area contributed by atoms with Crippen LogP contribution in [0.1, 0.15) is 11.7 Å². The van der Waals surface area contributed by atoms with Crippen LogP contribution in [0.5, 0.6) is 0 Å². The van der Waals surface area contributed by atoms with Crippen molar-refractivity contribution < 1.29 is 9.53 Å². The van der Waals surface area contributed by atoms with E-state index in [1.54, 1.807) is 0 Å². The normalized spacial score (nSPS) is 21.8. The molecule has 0 radical (unpaired) electrons. The van der Waals surface area contributed by atoms with Crippen molar-refractivity contribution >= 4 is 17.5 Å². The van der Waals surface area contributed by atoms with Gasteiger partial charge in [-0.05, 0) is 6.07 Å². The first kappa shape index (κ1) is 9.49. The van der Waals surface area contributed by atoms with E-state index in [1.165, 1.54) is 0 Å². The first-order valence-corrected chi connectivity index (χ1v) is 4.78. The fraction of sp³-hybridized carbons (Fsp3) is 0.300. The minimum atomic E-state index is -0.124. The Morgan fingerprint density at radius 3 is 2.86 bits per heavy atom. The average molecular weight is 212 g/mol. The molecule has 1 amide bonds. The second-order valence-corrected chi connectivity index (χ2v) is 3.53. The highest BCUT2D eigenvalue weighted by Crippen LogP contribution is 2.25. The van der Waals surface area contributed by atoms with Gasteiger partial charge in [-0.2, -0.15) is 0 Å². The van der Waals surface area contributed by atoms with Crippen LogP contribution in [-0.2, 0) is 9.53 Å². The number of morpholine rings is 1. The molecule has 1 aromatic carbocycles. The van der Waals surface area contributed by atoms with Crippen molar-refractivity contribution in [1.29, 1.82) is 0 Å². The van der Waals surface area contributed by atoms with E-state index in [0.29, 0.717) is 11.6 Å². The SMILES string of the molecule is O=C1COC(c2ccccc2Cl)CN1. The van der Waals surface area contributed by atoms with Crippen LogP contribution >= 0.6 is 11.6 Å². The molecule has 2 rings (SSSR count). The van der Waals surface area contributed by atoms with Gasteiger partial charge >= 0.3 is 0 Å². The summed E-state index contributed by atoms with van der Waals surface area (Å²) in [5.41, 5.74) is 0.925. The average Bonchev–Trinajstić information content (AvgIpc) is 2.20. The second-order valence-electron chi connectivity index (χ2n) is 3.13. The Balaban J connectivity index is 2.16. The quantitative estimate of drug-likeness (QED) is 0.765. The molecule has 0 aromatic heterocycles. The minimum Gasteiger partial charge on any atom is -0.362 e. The van der Waals surface area contributed by atoms with E-state index in [0.717, 1.165) is 5.56 Å². The lowest BCUT2D eigenvalue weighted by atomic mass is 10.1. The van der Waals surface area contributed by atoms with Crippen molar-refractivity contribution in [2.75, 3.05) is 13.2 Å². The Kier molecular flexibility index (Phi) is 2.70. The van der Waals surface area contributed by atoms with Gasteiger partial charge in [-0.15, -0.1) is 0 Å². The van der Waals surface area contributed by atoms with Gasteiger partial charge < -0.3 is 10.1 Å². The number of halogens is 1. The van der Waals surface area contributed by atoms with Crippen LogP contribution in [0.4, 0.5) is 0 Å². The van der Waals surface area contributed by atoms with Crippen LogP contribution in [0.3, 0.4) is 0 Å². The summed E-state index contributed by atoms with van der Waals surface area (Å²) in [6, 6.07) is 7.50. The van der Waals surface area contributed by atoms with Crippen LogP contribution in [-0.4, -0.2) is 19.1 Å². The summed E-state index contributed by atoms with van der Waals surface area (Å²) in [6.45, 7) is 0.596. The van der Waals surface area contributed by atoms with Crippen molar-refractivity contribution in [3.63, 3.8) is 0 Å².